The van der Waals surface area contributed by atoms with Crippen LogP contribution in [0.1, 0.15) is 15.9 Å². The molecule has 0 aromatic heterocycles. The summed E-state index contributed by atoms with van der Waals surface area (Å²) in [5, 5.41) is 0. The Morgan fingerprint density at radius 1 is 1.10 bits per heavy atom. The van der Waals surface area contributed by atoms with Gasteiger partial charge in [0.15, 0.2) is 5.78 Å². The number of rotatable bonds is 4. The van der Waals surface area contributed by atoms with Crippen LogP contribution >= 0.6 is 31.9 Å². The van der Waals surface area contributed by atoms with E-state index in [1.165, 1.54) is 7.11 Å². The van der Waals surface area contributed by atoms with Gasteiger partial charge >= 0.3 is 0 Å². The second-order valence-corrected chi connectivity index (χ2v) is 5.88. The molecule has 0 saturated heterocycles. The van der Waals surface area contributed by atoms with E-state index < -0.39 is 0 Å². The molecule has 110 valence electrons. The lowest BCUT2D eigenvalue weighted by Gasteiger charge is -2.13. The fourth-order valence-electron chi connectivity index (χ4n) is 1.90. The average molecular weight is 415 g/mol. The van der Waals surface area contributed by atoms with Crippen molar-refractivity contribution < 1.29 is 14.3 Å². The maximum absolute atomic E-state index is 12.6. The van der Waals surface area contributed by atoms with Crippen molar-refractivity contribution >= 4 is 43.3 Å². The van der Waals surface area contributed by atoms with Crippen LogP contribution in [0.4, 0.5) is 5.69 Å². The molecule has 2 N–H and O–H groups in total. The molecule has 2 aromatic rings. The molecule has 0 fully saturated rings. The molecule has 0 saturated carbocycles. The van der Waals surface area contributed by atoms with Gasteiger partial charge in [0.05, 0.1) is 19.8 Å². The number of nitrogen functional groups attached to an aromatic ring is 1. The lowest BCUT2D eigenvalue weighted by Crippen LogP contribution is -2.05. The lowest BCUT2D eigenvalue weighted by molar-refractivity contribution is 0.103. The maximum atomic E-state index is 12.6. The standard InChI is InChI=1S/C15H13Br2NO3/c1-20-12-6-4-9(15(21-2)13(12)17)14(19)8-3-5-11(18)10(16)7-8/h3-7H,18H2,1-2H3. The SMILES string of the molecule is COc1ccc(C(=O)c2ccc(N)c(Br)c2)c(OC)c1Br. The number of nitrogens with two attached hydrogens (primary N) is 1. The first-order chi connectivity index (χ1) is 9.99. The van der Waals surface area contributed by atoms with E-state index in [-0.39, 0.29) is 5.78 Å². The molecule has 0 aliphatic rings. The van der Waals surface area contributed by atoms with Crippen LogP contribution in [0.15, 0.2) is 39.3 Å². The van der Waals surface area contributed by atoms with Gasteiger partial charge in [-0.1, -0.05) is 0 Å². The van der Waals surface area contributed by atoms with E-state index in [4.69, 9.17) is 15.2 Å². The Labute approximate surface area is 139 Å². The number of hydrogen-bond donors (Lipinski definition) is 1. The summed E-state index contributed by atoms with van der Waals surface area (Å²) in [5.74, 6) is 0.880. The summed E-state index contributed by atoms with van der Waals surface area (Å²) in [6, 6.07) is 8.44. The predicted molar refractivity (Wildman–Crippen MR) is 89.2 cm³/mol. The van der Waals surface area contributed by atoms with Crippen molar-refractivity contribution in [1.82, 2.24) is 0 Å². The van der Waals surface area contributed by atoms with Gasteiger partial charge in [0.25, 0.3) is 0 Å². The largest absolute Gasteiger partial charge is 0.495 e. The first-order valence-electron chi connectivity index (χ1n) is 5.99. The summed E-state index contributed by atoms with van der Waals surface area (Å²) in [6.07, 6.45) is 0. The van der Waals surface area contributed by atoms with E-state index in [1.54, 1.807) is 37.4 Å². The minimum absolute atomic E-state index is 0.157. The molecular weight excluding hydrogens is 402 g/mol. The molecule has 2 rings (SSSR count). The highest BCUT2D eigenvalue weighted by atomic mass is 79.9. The monoisotopic (exact) mass is 413 g/mol. The Morgan fingerprint density at radius 2 is 1.81 bits per heavy atom. The van der Waals surface area contributed by atoms with Gasteiger partial charge in [0, 0.05) is 15.7 Å². The molecule has 0 amide bonds. The number of methoxy groups -OCH3 is 2. The Balaban J connectivity index is 2.52. The number of benzene rings is 2. The van der Waals surface area contributed by atoms with E-state index in [0.29, 0.717) is 37.3 Å². The molecule has 21 heavy (non-hydrogen) atoms. The van der Waals surface area contributed by atoms with Gasteiger partial charge in [-0.15, -0.1) is 0 Å². The van der Waals surface area contributed by atoms with Gasteiger partial charge in [0.2, 0.25) is 0 Å². The van der Waals surface area contributed by atoms with E-state index in [0.717, 1.165) is 0 Å². The highest BCUT2D eigenvalue weighted by Gasteiger charge is 2.20. The zero-order valence-corrected chi connectivity index (χ0v) is 14.6. The zero-order chi connectivity index (χ0) is 15.6. The van der Waals surface area contributed by atoms with E-state index in [9.17, 15) is 4.79 Å². The van der Waals surface area contributed by atoms with Crippen LogP contribution in [0.3, 0.4) is 0 Å². The van der Waals surface area contributed by atoms with E-state index in [2.05, 4.69) is 31.9 Å². The first kappa shape index (κ1) is 15.9. The Kier molecular flexibility index (Phi) is 4.90. The van der Waals surface area contributed by atoms with Crippen molar-refractivity contribution in [2.24, 2.45) is 0 Å². The summed E-state index contributed by atoms with van der Waals surface area (Å²) in [4.78, 5) is 12.6. The molecule has 0 aliphatic carbocycles. The second kappa shape index (κ2) is 6.49. The zero-order valence-electron chi connectivity index (χ0n) is 11.4. The van der Waals surface area contributed by atoms with Gasteiger partial charge in [-0.05, 0) is 62.2 Å². The molecule has 0 heterocycles. The van der Waals surface area contributed by atoms with Crippen LogP contribution in [0.2, 0.25) is 0 Å². The topological polar surface area (TPSA) is 61.5 Å². The third kappa shape index (κ3) is 3.06. The molecule has 0 unspecified atom stereocenters. The van der Waals surface area contributed by atoms with Crippen molar-refractivity contribution in [3.63, 3.8) is 0 Å². The lowest BCUT2D eigenvalue weighted by atomic mass is 10.0. The van der Waals surface area contributed by atoms with Crippen LogP contribution in [-0.2, 0) is 0 Å². The Hall–Kier alpha value is -1.53. The third-order valence-electron chi connectivity index (χ3n) is 2.99. The van der Waals surface area contributed by atoms with Gasteiger partial charge in [0.1, 0.15) is 16.0 Å². The van der Waals surface area contributed by atoms with Gasteiger partial charge in [-0.25, -0.2) is 0 Å². The quantitative estimate of drug-likeness (QED) is 0.605. The van der Waals surface area contributed by atoms with Crippen molar-refractivity contribution in [3.8, 4) is 11.5 Å². The minimum Gasteiger partial charge on any atom is -0.495 e. The van der Waals surface area contributed by atoms with Crippen LogP contribution in [0.25, 0.3) is 0 Å². The summed E-state index contributed by atoms with van der Waals surface area (Å²) in [5.41, 5.74) is 7.28. The smallest absolute Gasteiger partial charge is 0.196 e. The van der Waals surface area contributed by atoms with Crippen molar-refractivity contribution in [1.29, 1.82) is 0 Å². The molecule has 0 spiro atoms. The molecule has 4 nitrogen and oxygen atoms in total. The molecular formula is C15H13Br2NO3. The molecule has 2 aromatic carbocycles. The highest BCUT2D eigenvalue weighted by Crippen LogP contribution is 2.38. The number of carbonyl (C=O) groups is 1. The number of carbonyl (C=O) groups excluding carboxylic acids is 1. The van der Waals surface area contributed by atoms with E-state index in [1.807, 2.05) is 0 Å². The number of ketones is 1. The Morgan fingerprint density at radius 3 is 2.38 bits per heavy atom. The summed E-state index contributed by atoms with van der Waals surface area (Å²) >= 11 is 6.71. The fourth-order valence-corrected chi connectivity index (χ4v) is 2.95. The van der Waals surface area contributed by atoms with Crippen molar-refractivity contribution in [2.45, 2.75) is 0 Å². The fraction of sp³-hybridized carbons (Fsp3) is 0.133. The van der Waals surface area contributed by atoms with Crippen molar-refractivity contribution in [3.05, 3.63) is 50.4 Å². The van der Waals surface area contributed by atoms with Crippen molar-refractivity contribution in [2.75, 3.05) is 20.0 Å². The number of hydrogen-bond acceptors (Lipinski definition) is 4. The average Bonchev–Trinajstić information content (AvgIpc) is 2.49. The second-order valence-electron chi connectivity index (χ2n) is 4.23. The summed E-state index contributed by atoms with van der Waals surface area (Å²) < 4.78 is 11.8. The number of ether oxygens (including phenoxy) is 2. The number of halogens is 2. The molecule has 0 aliphatic heterocycles. The summed E-state index contributed by atoms with van der Waals surface area (Å²) in [6.45, 7) is 0. The van der Waals surface area contributed by atoms with Crippen LogP contribution < -0.4 is 15.2 Å². The molecule has 6 heteroatoms. The molecule has 0 radical (unpaired) electrons. The van der Waals surface area contributed by atoms with Crippen LogP contribution in [0, 0.1) is 0 Å². The third-order valence-corrected chi connectivity index (χ3v) is 4.43. The molecule has 0 atom stereocenters. The van der Waals surface area contributed by atoms with E-state index >= 15 is 0 Å². The minimum atomic E-state index is -0.157. The normalized spacial score (nSPS) is 10.3. The summed E-state index contributed by atoms with van der Waals surface area (Å²) in [7, 11) is 3.06. The van der Waals surface area contributed by atoms with Gasteiger partial charge < -0.3 is 15.2 Å². The van der Waals surface area contributed by atoms with Crippen LogP contribution in [0.5, 0.6) is 11.5 Å². The van der Waals surface area contributed by atoms with Gasteiger partial charge in [-0.3, -0.25) is 4.79 Å². The molecule has 0 bridgehead atoms. The number of anilines is 1. The predicted octanol–water partition coefficient (Wildman–Crippen LogP) is 4.04. The maximum Gasteiger partial charge on any atom is 0.196 e. The van der Waals surface area contributed by atoms with Crippen LogP contribution in [-0.4, -0.2) is 20.0 Å². The van der Waals surface area contributed by atoms with Gasteiger partial charge in [-0.2, -0.15) is 0 Å². The first-order valence-corrected chi connectivity index (χ1v) is 7.58. The highest BCUT2D eigenvalue weighted by molar-refractivity contribution is 9.11. The Bertz CT molecular complexity index is 702.